The van der Waals surface area contributed by atoms with Crippen molar-refractivity contribution in [2.75, 3.05) is 21.3 Å². The highest BCUT2D eigenvalue weighted by Crippen LogP contribution is 2.44. The molecule has 0 saturated carbocycles. The molecule has 1 aliphatic carbocycles. The zero-order chi connectivity index (χ0) is 19.1. The van der Waals surface area contributed by atoms with Crippen LogP contribution >= 0.6 is 11.6 Å². The van der Waals surface area contributed by atoms with Crippen molar-refractivity contribution in [2.24, 2.45) is 0 Å². The molecule has 3 aromatic rings. The van der Waals surface area contributed by atoms with Crippen molar-refractivity contribution in [3.05, 3.63) is 58.2 Å². The minimum absolute atomic E-state index is 0.293. The Morgan fingerprint density at radius 1 is 1.11 bits per heavy atom. The van der Waals surface area contributed by atoms with Crippen molar-refractivity contribution in [3.63, 3.8) is 0 Å². The SMILES string of the molecule is COC(=O)c1nn(-c2cccc(Cl)c2)c2c1Cc1cc(OC)c(OC)cc1-2. The first-order valence-corrected chi connectivity index (χ1v) is 8.66. The van der Waals surface area contributed by atoms with Gasteiger partial charge in [-0.1, -0.05) is 17.7 Å². The lowest BCUT2D eigenvalue weighted by molar-refractivity contribution is 0.0592. The number of rotatable bonds is 4. The molecule has 0 fully saturated rings. The van der Waals surface area contributed by atoms with Gasteiger partial charge in [0.25, 0.3) is 0 Å². The van der Waals surface area contributed by atoms with Crippen molar-refractivity contribution in [3.8, 4) is 28.4 Å². The molecule has 0 unspecified atom stereocenters. The molecule has 0 saturated heterocycles. The first-order valence-electron chi connectivity index (χ1n) is 8.28. The minimum Gasteiger partial charge on any atom is -0.493 e. The number of nitrogens with zero attached hydrogens (tertiary/aromatic N) is 2. The van der Waals surface area contributed by atoms with Gasteiger partial charge >= 0.3 is 5.97 Å². The van der Waals surface area contributed by atoms with Gasteiger partial charge in [0.1, 0.15) is 0 Å². The van der Waals surface area contributed by atoms with Crippen LogP contribution in [0, 0.1) is 0 Å². The van der Waals surface area contributed by atoms with Crippen molar-refractivity contribution >= 4 is 17.6 Å². The molecule has 4 rings (SSSR count). The van der Waals surface area contributed by atoms with Gasteiger partial charge in [0.05, 0.1) is 32.7 Å². The van der Waals surface area contributed by atoms with E-state index in [1.54, 1.807) is 31.0 Å². The third-order valence-corrected chi connectivity index (χ3v) is 4.88. The molecule has 0 radical (unpaired) electrons. The van der Waals surface area contributed by atoms with Crippen LogP contribution in [0.2, 0.25) is 5.02 Å². The van der Waals surface area contributed by atoms with Crippen LogP contribution in [0.5, 0.6) is 11.5 Å². The molecule has 0 spiro atoms. The molecule has 6 nitrogen and oxygen atoms in total. The monoisotopic (exact) mass is 384 g/mol. The fourth-order valence-electron chi connectivity index (χ4n) is 3.43. The van der Waals surface area contributed by atoms with E-state index in [0.717, 1.165) is 28.1 Å². The fraction of sp³-hybridized carbons (Fsp3) is 0.200. The van der Waals surface area contributed by atoms with Crippen molar-refractivity contribution in [2.45, 2.75) is 6.42 Å². The zero-order valence-electron chi connectivity index (χ0n) is 15.1. The first kappa shape index (κ1) is 17.4. The Bertz CT molecular complexity index is 1060. The highest BCUT2D eigenvalue weighted by molar-refractivity contribution is 6.30. The summed E-state index contributed by atoms with van der Waals surface area (Å²) < 4.78 is 17.5. The van der Waals surface area contributed by atoms with Crippen molar-refractivity contribution in [1.29, 1.82) is 0 Å². The maximum Gasteiger partial charge on any atom is 0.358 e. The highest BCUT2D eigenvalue weighted by Gasteiger charge is 2.32. The first-order chi connectivity index (χ1) is 13.1. The maximum atomic E-state index is 12.3. The molecule has 0 aliphatic heterocycles. The molecule has 1 heterocycles. The van der Waals surface area contributed by atoms with E-state index in [1.807, 2.05) is 24.3 Å². The summed E-state index contributed by atoms with van der Waals surface area (Å²) in [6.07, 6.45) is 0.552. The third kappa shape index (κ3) is 2.73. The van der Waals surface area contributed by atoms with Gasteiger partial charge in [-0.15, -0.1) is 0 Å². The van der Waals surface area contributed by atoms with Gasteiger partial charge in [0.15, 0.2) is 17.2 Å². The van der Waals surface area contributed by atoms with E-state index in [9.17, 15) is 4.79 Å². The summed E-state index contributed by atoms with van der Waals surface area (Å²) in [4.78, 5) is 12.3. The Labute approximate surface area is 161 Å². The lowest BCUT2D eigenvalue weighted by Gasteiger charge is -2.12. The van der Waals surface area contributed by atoms with E-state index in [4.69, 9.17) is 25.8 Å². The summed E-state index contributed by atoms with van der Waals surface area (Å²) in [6.45, 7) is 0. The molecular formula is C20H17ClN2O4. The Balaban J connectivity index is 1.99. The Kier molecular flexibility index (Phi) is 4.28. The van der Waals surface area contributed by atoms with Gasteiger partial charge in [0, 0.05) is 22.6 Å². The molecule has 0 amide bonds. The van der Waals surface area contributed by atoms with Gasteiger partial charge in [0.2, 0.25) is 0 Å². The average molecular weight is 385 g/mol. The van der Waals surface area contributed by atoms with Crippen LogP contribution in [0.15, 0.2) is 36.4 Å². The smallest absolute Gasteiger partial charge is 0.358 e. The molecule has 0 atom stereocenters. The summed E-state index contributed by atoms with van der Waals surface area (Å²) in [7, 11) is 4.54. The number of ether oxygens (including phenoxy) is 3. The Morgan fingerprint density at radius 2 is 1.85 bits per heavy atom. The zero-order valence-corrected chi connectivity index (χ0v) is 15.8. The molecule has 7 heteroatoms. The second-order valence-electron chi connectivity index (χ2n) is 6.10. The van der Waals surface area contributed by atoms with Gasteiger partial charge in [-0.05, 0) is 35.9 Å². The number of esters is 1. The maximum absolute atomic E-state index is 12.3. The van der Waals surface area contributed by atoms with E-state index in [-0.39, 0.29) is 0 Å². The van der Waals surface area contributed by atoms with Crippen LogP contribution in [0.3, 0.4) is 0 Å². The van der Waals surface area contributed by atoms with Gasteiger partial charge in [-0.3, -0.25) is 0 Å². The highest BCUT2D eigenvalue weighted by atomic mass is 35.5. The number of methoxy groups -OCH3 is 3. The summed E-state index contributed by atoms with van der Waals surface area (Å²) in [5.41, 5.74) is 4.66. The van der Waals surface area contributed by atoms with Gasteiger partial charge in [-0.2, -0.15) is 5.10 Å². The lowest BCUT2D eigenvalue weighted by atomic mass is 10.1. The van der Waals surface area contributed by atoms with Crippen LogP contribution in [0.4, 0.5) is 0 Å². The van der Waals surface area contributed by atoms with Crippen molar-refractivity contribution < 1.29 is 19.0 Å². The molecule has 1 aliphatic rings. The predicted octanol–water partition coefficient (Wildman–Crippen LogP) is 3.90. The number of benzene rings is 2. The molecular weight excluding hydrogens is 368 g/mol. The largest absolute Gasteiger partial charge is 0.493 e. The molecule has 2 aromatic carbocycles. The molecule has 1 aromatic heterocycles. The second kappa shape index (κ2) is 6.63. The van der Waals surface area contributed by atoms with E-state index in [1.165, 1.54) is 7.11 Å². The normalized spacial score (nSPS) is 11.7. The quantitative estimate of drug-likeness (QED) is 0.499. The van der Waals surface area contributed by atoms with Crippen LogP contribution in [-0.2, 0) is 11.2 Å². The van der Waals surface area contributed by atoms with Crippen LogP contribution in [0.25, 0.3) is 16.9 Å². The van der Waals surface area contributed by atoms with E-state index < -0.39 is 5.97 Å². The Hall–Kier alpha value is -2.99. The van der Waals surface area contributed by atoms with Crippen LogP contribution < -0.4 is 9.47 Å². The van der Waals surface area contributed by atoms with Gasteiger partial charge in [-0.25, -0.2) is 9.48 Å². The predicted molar refractivity (Wildman–Crippen MR) is 101 cm³/mol. The summed E-state index contributed by atoms with van der Waals surface area (Å²) in [6, 6.07) is 11.2. The van der Waals surface area contributed by atoms with Crippen LogP contribution in [0.1, 0.15) is 21.6 Å². The average Bonchev–Trinajstić information content (AvgIpc) is 3.23. The summed E-state index contributed by atoms with van der Waals surface area (Å²) >= 11 is 6.16. The molecule has 0 N–H and O–H groups in total. The van der Waals surface area contributed by atoms with Crippen molar-refractivity contribution in [1.82, 2.24) is 9.78 Å². The number of aromatic nitrogens is 2. The summed E-state index contributed by atoms with van der Waals surface area (Å²) in [5, 5.41) is 5.11. The number of halogens is 1. The molecule has 138 valence electrons. The number of carbonyl (C=O) groups excluding carboxylic acids is 1. The lowest BCUT2D eigenvalue weighted by Crippen LogP contribution is -2.07. The van der Waals surface area contributed by atoms with Crippen LogP contribution in [-0.4, -0.2) is 37.1 Å². The second-order valence-corrected chi connectivity index (χ2v) is 6.54. The van der Waals surface area contributed by atoms with E-state index in [2.05, 4.69) is 5.10 Å². The number of carbonyl (C=O) groups is 1. The minimum atomic E-state index is -0.473. The topological polar surface area (TPSA) is 62.6 Å². The van der Waals surface area contributed by atoms with Gasteiger partial charge < -0.3 is 14.2 Å². The molecule has 27 heavy (non-hydrogen) atoms. The van der Waals surface area contributed by atoms with E-state index >= 15 is 0 Å². The van der Waals surface area contributed by atoms with E-state index in [0.29, 0.717) is 28.6 Å². The fourth-order valence-corrected chi connectivity index (χ4v) is 3.61. The number of fused-ring (bicyclic) bond motifs is 3. The third-order valence-electron chi connectivity index (χ3n) is 4.65. The Morgan fingerprint density at radius 3 is 2.52 bits per heavy atom. The number of hydrogen-bond acceptors (Lipinski definition) is 5. The summed E-state index contributed by atoms with van der Waals surface area (Å²) in [5.74, 6) is 0.782. The standard InChI is InChI=1S/C20H17ClN2O4/c1-25-16-8-11-7-15-18(20(24)27-3)22-23(13-6-4-5-12(21)9-13)19(15)14(11)10-17(16)26-2/h4-6,8-10H,7H2,1-3H3. The number of hydrogen-bond donors (Lipinski definition) is 0. The molecule has 0 bridgehead atoms.